The topological polar surface area (TPSA) is 0 Å². The van der Waals surface area contributed by atoms with E-state index in [1.807, 2.05) is 13.8 Å². The quantitative estimate of drug-likeness (QED) is 0.499. The lowest BCUT2D eigenvalue weighted by atomic mass is 10.4. The van der Waals surface area contributed by atoms with Crippen LogP contribution < -0.4 is 0 Å². The molecule has 0 unspecified atom stereocenters. The molecule has 0 heterocycles. The summed E-state index contributed by atoms with van der Waals surface area (Å²) in [7, 11) is 1.08. The molecule has 0 bridgehead atoms. The predicted octanol–water partition coefficient (Wildman–Crippen LogP) is 3.76. The molecule has 0 aliphatic rings. The maximum absolute atomic E-state index is 2.18. The van der Waals surface area contributed by atoms with Crippen LogP contribution in [0.5, 0.6) is 0 Å². The Morgan fingerprint density at radius 3 is 1.00 bits per heavy atom. The fourth-order valence-corrected chi connectivity index (χ4v) is 0. The molecule has 0 spiro atoms. The van der Waals surface area contributed by atoms with E-state index in [1.165, 1.54) is 12.8 Å². The number of hydrogen-bond donors (Lipinski definition) is 0. The second kappa shape index (κ2) is 39.6. The first-order chi connectivity index (χ1) is 4.33. The molecule has 0 rings (SSSR count). The smallest absolute Gasteiger partial charge is 0.0475 e. The molecule has 0 saturated carbocycles. The molecule has 0 N–H and O–H groups in total. The van der Waals surface area contributed by atoms with Crippen LogP contribution in [-0.2, 0) is 0 Å². The Labute approximate surface area is 63.2 Å². The summed E-state index contributed by atoms with van der Waals surface area (Å²) in [6, 6.07) is 0. The van der Waals surface area contributed by atoms with Crippen molar-refractivity contribution in [1.82, 2.24) is 0 Å². The van der Waals surface area contributed by atoms with Gasteiger partial charge in [-0.2, -0.15) is 0 Å². The molecule has 0 aromatic carbocycles. The minimum atomic E-state index is 1.08. The summed E-state index contributed by atoms with van der Waals surface area (Å²) in [5.41, 5.74) is 0. The van der Waals surface area contributed by atoms with Crippen LogP contribution in [0.15, 0.2) is 0 Å². The van der Waals surface area contributed by atoms with Crippen molar-refractivity contribution < 1.29 is 0 Å². The normalized spacial score (nSPS) is 6.00. The molecule has 1 heteroatoms. The van der Waals surface area contributed by atoms with Crippen LogP contribution in [0, 0.1) is 0 Å². The van der Waals surface area contributed by atoms with Gasteiger partial charge >= 0.3 is 0 Å². The molecule has 0 amide bonds. The summed E-state index contributed by atoms with van der Waals surface area (Å²) < 4.78 is 0. The Morgan fingerprint density at radius 1 is 0.889 bits per heavy atom. The van der Waals surface area contributed by atoms with E-state index < -0.39 is 0 Å². The van der Waals surface area contributed by atoms with Gasteiger partial charge in [-0.1, -0.05) is 40.5 Å². The Kier molecular flexibility index (Phi) is 71.2. The minimum absolute atomic E-state index is 1.08. The van der Waals surface area contributed by atoms with Gasteiger partial charge in [0, 0.05) is 0 Å². The van der Waals surface area contributed by atoms with E-state index in [0.29, 0.717) is 0 Å². The molecule has 0 aromatic rings. The molecule has 0 aliphatic carbocycles. The summed E-state index contributed by atoms with van der Waals surface area (Å²) >= 11 is 0. The zero-order valence-electron chi connectivity index (χ0n) is 7.91. The molecule has 0 saturated heterocycles. The van der Waals surface area contributed by atoms with Crippen LogP contribution in [-0.4, -0.2) is 13.3 Å². The van der Waals surface area contributed by atoms with E-state index in [0.717, 1.165) is 8.58 Å². The number of hydrogen-bond acceptors (Lipinski definition) is 0. The SMILES string of the molecule is CC.CCCC.CPC. The molecule has 60 valence electrons. The third-order valence-electron chi connectivity index (χ3n) is 0.500. The van der Waals surface area contributed by atoms with Gasteiger partial charge in [-0.05, 0) is 13.3 Å². The van der Waals surface area contributed by atoms with Crippen LogP contribution in [0.3, 0.4) is 0 Å². The van der Waals surface area contributed by atoms with Gasteiger partial charge in [0.2, 0.25) is 0 Å². The van der Waals surface area contributed by atoms with Crippen LogP contribution >= 0.6 is 8.58 Å². The van der Waals surface area contributed by atoms with Gasteiger partial charge in [0.25, 0.3) is 0 Å². The van der Waals surface area contributed by atoms with Gasteiger partial charge in [0.05, 0.1) is 0 Å². The van der Waals surface area contributed by atoms with Crippen LogP contribution in [0.2, 0.25) is 0 Å². The first-order valence-corrected chi connectivity index (χ1v) is 5.91. The first-order valence-electron chi connectivity index (χ1n) is 3.91. The summed E-state index contributed by atoms with van der Waals surface area (Å²) in [5, 5.41) is 0. The van der Waals surface area contributed by atoms with Crippen LogP contribution in [0.25, 0.3) is 0 Å². The minimum Gasteiger partial charge on any atom is -0.129 e. The third kappa shape index (κ3) is 170. The summed E-state index contributed by atoms with van der Waals surface area (Å²) in [6.07, 6.45) is 2.64. The van der Waals surface area contributed by atoms with E-state index in [1.54, 1.807) is 0 Å². The highest BCUT2D eigenvalue weighted by molar-refractivity contribution is 7.35. The standard InChI is InChI=1S/C4H10.C2H7P.C2H6/c1-3-4-2;1-3-2;1-2/h3-4H2,1-2H3;3H,1-2H3;1-2H3. The van der Waals surface area contributed by atoms with Crippen LogP contribution in [0.4, 0.5) is 0 Å². The summed E-state index contributed by atoms with van der Waals surface area (Å²) in [6.45, 7) is 12.7. The van der Waals surface area contributed by atoms with Crippen molar-refractivity contribution in [1.29, 1.82) is 0 Å². The average molecular weight is 150 g/mol. The van der Waals surface area contributed by atoms with E-state index in [-0.39, 0.29) is 0 Å². The Morgan fingerprint density at radius 2 is 1.00 bits per heavy atom. The first kappa shape index (κ1) is 16.2. The van der Waals surface area contributed by atoms with Crippen LogP contribution in [0.1, 0.15) is 40.5 Å². The molecule has 0 radical (unpaired) electrons. The highest BCUT2D eigenvalue weighted by Crippen LogP contribution is 1.84. The zero-order chi connectivity index (χ0) is 8.12. The van der Waals surface area contributed by atoms with Gasteiger partial charge in [0.1, 0.15) is 0 Å². The maximum Gasteiger partial charge on any atom is -0.0475 e. The van der Waals surface area contributed by atoms with Gasteiger partial charge in [0.15, 0.2) is 0 Å². The average Bonchev–Trinajstić information content (AvgIpc) is 1.94. The highest BCUT2D eigenvalue weighted by Gasteiger charge is 1.56. The van der Waals surface area contributed by atoms with Gasteiger partial charge < -0.3 is 0 Å². The monoisotopic (exact) mass is 150 g/mol. The van der Waals surface area contributed by atoms with Crippen molar-refractivity contribution in [2.75, 3.05) is 13.3 Å². The second-order valence-corrected chi connectivity index (χ2v) is 2.50. The molecule has 0 atom stereocenters. The zero-order valence-corrected chi connectivity index (χ0v) is 8.91. The molecule has 0 aromatic heterocycles. The van der Waals surface area contributed by atoms with Crippen molar-refractivity contribution in [3.8, 4) is 0 Å². The van der Waals surface area contributed by atoms with Crippen molar-refractivity contribution in [2.45, 2.75) is 40.5 Å². The number of unbranched alkanes of at least 4 members (excludes halogenated alkanes) is 1. The van der Waals surface area contributed by atoms with Gasteiger partial charge in [-0.3, -0.25) is 0 Å². The predicted molar refractivity (Wildman–Crippen MR) is 52.1 cm³/mol. The maximum atomic E-state index is 2.18. The van der Waals surface area contributed by atoms with Crippen molar-refractivity contribution in [3.63, 3.8) is 0 Å². The molecular formula is C8H23P. The Balaban J connectivity index is -0.0000000646. The Bertz CT molecular complexity index is 12.0. The van der Waals surface area contributed by atoms with Gasteiger partial charge in [-0.25, -0.2) is 0 Å². The van der Waals surface area contributed by atoms with Gasteiger partial charge in [-0.15, -0.1) is 8.58 Å². The lowest BCUT2D eigenvalue weighted by Gasteiger charge is -1.68. The molecule has 0 fully saturated rings. The van der Waals surface area contributed by atoms with E-state index in [9.17, 15) is 0 Å². The lowest BCUT2D eigenvalue weighted by Crippen LogP contribution is -1.47. The fraction of sp³-hybridized carbons (Fsp3) is 1.00. The molecular weight excluding hydrogens is 127 g/mol. The van der Waals surface area contributed by atoms with Crippen molar-refractivity contribution >= 4 is 8.58 Å². The summed E-state index contributed by atoms with van der Waals surface area (Å²) in [4.78, 5) is 0. The largest absolute Gasteiger partial charge is 0.129 e. The second-order valence-electron chi connectivity index (χ2n) is 1.50. The highest BCUT2D eigenvalue weighted by atomic mass is 31.1. The molecule has 0 aliphatic heterocycles. The van der Waals surface area contributed by atoms with E-state index in [2.05, 4.69) is 27.2 Å². The molecule has 9 heavy (non-hydrogen) atoms. The molecule has 0 nitrogen and oxygen atoms in total. The summed E-state index contributed by atoms with van der Waals surface area (Å²) in [5.74, 6) is 0. The Hall–Kier alpha value is 0.430. The fourth-order valence-electron chi connectivity index (χ4n) is 0. The lowest BCUT2D eigenvalue weighted by molar-refractivity contribution is 0.886. The third-order valence-corrected chi connectivity index (χ3v) is 0.500. The number of rotatable bonds is 1. The van der Waals surface area contributed by atoms with Crippen molar-refractivity contribution in [2.24, 2.45) is 0 Å². The van der Waals surface area contributed by atoms with E-state index in [4.69, 9.17) is 0 Å². The van der Waals surface area contributed by atoms with E-state index >= 15 is 0 Å². The van der Waals surface area contributed by atoms with Crippen molar-refractivity contribution in [3.05, 3.63) is 0 Å².